The molecular weight excluding hydrogens is 526 g/mol. The van der Waals surface area contributed by atoms with Crippen molar-refractivity contribution in [1.82, 2.24) is 0 Å². The third kappa shape index (κ3) is 3.45. The Morgan fingerprint density at radius 3 is 1.46 bits per heavy atom. The molecule has 0 saturated carbocycles. The van der Waals surface area contributed by atoms with Crippen molar-refractivity contribution in [3.63, 3.8) is 0 Å². The van der Waals surface area contributed by atoms with Crippen LogP contribution in [0.25, 0.3) is 0 Å². The average Bonchev–Trinajstić information content (AvgIpc) is 3.05. The van der Waals surface area contributed by atoms with Crippen LogP contribution in [0.15, 0.2) is 63.4 Å². The molecule has 0 radical (unpaired) electrons. The zero-order valence-corrected chi connectivity index (χ0v) is 21.5. The van der Waals surface area contributed by atoms with Crippen LogP contribution in [0.2, 0.25) is 0 Å². The number of rotatable bonds is 2. The van der Waals surface area contributed by atoms with Crippen molar-refractivity contribution < 1.29 is 45.8 Å². The number of hydrogen-bond acceptors (Lipinski definition) is 0. The summed E-state index contributed by atoms with van der Waals surface area (Å²) in [5, 5.41) is 0. The fourth-order valence-electron chi connectivity index (χ4n) is 5.07. The van der Waals surface area contributed by atoms with E-state index in [1.807, 2.05) is 0 Å². The molecule has 26 heavy (non-hydrogen) atoms. The van der Waals surface area contributed by atoms with Crippen molar-refractivity contribution >= 4 is 4.26 Å². The van der Waals surface area contributed by atoms with Gasteiger partial charge in [-0.3, -0.25) is 0 Å². The Balaban J connectivity index is 0.00000121. The molecule has 0 aromatic carbocycles. The number of halogens is 2. The molecule has 4 aliphatic carbocycles. The third-order valence-corrected chi connectivity index (χ3v) is 15.6. The van der Waals surface area contributed by atoms with Crippen LogP contribution in [-0.2, 0) is 21.0 Å². The van der Waals surface area contributed by atoms with Gasteiger partial charge in [-0.25, -0.2) is 0 Å². The van der Waals surface area contributed by atoms with Gasteiger partial charge in [-0.1, -0.05) is 0 Å². The van der Waals surface area contributed by atoms with Crippen molar-refractivity contribution in [2.24, 2.45) is 0 Å². The molecule has 0 aromatic heterocycles. The Hall–Kier alpha value is -0.240. The predicted molar refractivity (Wildman–Crippen MR) is 102 cm³/mol. The zero-order valence-electron chi connectivity index (χ0n) is 16.4. The minimum atomic E-state index is -2.24. The van der Waals surface area contributed by atoms with Gasteiger partial charge >= 0.3 is 155 Å². The minimum absolute atomic E-state index is 0. The number of fused-ring (bicyclic) bond motifs is 2. The van der Waals surface area contributed by atoms with Crippen molar-refractivity contribution in [3.05, 3.63) is 63.4 Å². The summed E-state index contributed by atoms with van der Waals surface area (Å²) >= 11 is -2.24. The van der Waals surface area contributed by atoms with Gasteiger partial charge in [0.2, 0.25) is 0 Å². The van der Waals surface area contributed by atoms with Gasteiger partial charge in [0, 0.05) is 0 Å². The molecule has 0 aliphatic heterocycles. The van der Waals surface area contributed by atoms with Crippen molar-refractivity contribution in [1.29, 1.82) is 0 Å². The van der Waals surface area contributed by atoms with E-state index < -0.39 is 21.0 Å². The van der Waals surface area contributed by atoms with E-state index in [1.54, 1.807) is 51.2 Å². The first-order valence-corrected chi connectivity index (χ1v) is 15.6. The fourth-order valence-corrected chi connectivity index (χ4v) is 14.4. The van der Waals surface area contributed by atoms with Gasteiger partial charge in [-0.2, -0.15) is 0 Å². The van der Waals surface area contributed by atoms with E-state index in [0.29, 0.717) is 0 Å². The second-order valence-electron chi connectivity index (χ2n) is 7.94. The Morgan fingerprint density at radius 1 is 0.692 bits per heavy atom. The monoisotopic (exact) mass is 554 g/mol. The summed E-state index contributed by atoms with van der Waals surface area (Å²) in [4.78, 5) is 0. The molecule has 3 heteroatoms. The first kappa shape index (κ1) is 22.1. The molecule has 0 spiro atoms. The minimum Gasteiger partial charge on any atom is -1.00 e. The first-order chi connectivity index (χ1) is 11.5. The van der Waals surface area contributed by atoms with Crippen molar-refractivity contribution in [3.8, 4) is 0 Å². The van der Waals surface area contributed by atoms with E-state index in [9.17, 15) is 0 Å². The van der Waals surface area contributed by atoms with Gasteiger partial charge in [0.05, 0.1) is 0 Å². The van der Waals surface area contributed by atoms with Crippen LogP contribution in [-0.4, -0.2) is 4.26 Å². The summed E-state index contributed by atoms with van der Waals surface area (Å²) in [7, 11) is 0. The normalized spacial score (nSPS) is 21.5. The van der Waals surface area contributed by atoms with Crippen LogP contribution in [0.5, 0.6) is 0 Å². The number of allylic oxidation sites excluding steroid dienone is 12. The third-order valence-electron chi connectivity index (χ3n) is 6.24. The molecule has 0 atom stereocenters. The van der Waals surface area contributed by atoms with Gasteiger partial charge in [-0.05, 0) is 0 Å². The Kier molecular flexibility index (Phi) is 7.14. The molecule has 4 rings (SSSR count). The molecule has 0 heterocycles. The fraction of sp³-hybridized carbons (Fsp3) is 0.435. The molecule has 0 nitrogen and oxygen atoms in total. The van der Waals surface area contributed by atoms with E-state index in [-0.39, 0.29) is 24.8 Å². The summed E-state index contributed by atoms with van der Waals surface area (Å²) in [6.07, 6.45) is 12.8. The van der Waals surface area contributed by atoms with Gasteiger partial charge in [-0.15, -0.1) is 0 Å². The van der Waals surface area contributed by atoms with Crippen molar-refractivity contribution in [2.75, 3.05) is 0 Å². The van der Waals surface area contributed by atoms with Crippen LogP contribution in [0, 0.1) is 0 Å². The Morgan fingerprint density at radius 2 is 1.08 bits per heavy atom. The van der Waals surface area contributed by atoms with Crippen LogP contribution >= 0.6 is 0 Å². The zero-order chi connectivity index (χ0) is 17.0. The average molecular weight is 554 g/mol. The maximum atomic E-state index is 4.91. The van der Waals surface area contributed by atoms with E-state index in [1.165, 1.54) is 38.5 Å². The Bertz CT molecular complexity index is 787. The van der Waals surface area contributed by atoms with Crippen LogP contribution in [0.4, 0.5) is 0 Å². The largest absolute Gasteiger partial charge is 1.00 e. The maximum absolute atomic E-state index is 4.91. The van der Waals surface area contributed by atoms with Crippen LogP contribution in [0.3, 0.4) is 0 Å². The predicted octanol–water partition coefficient (Wildman–Crippen LogP) is 0.473. The molecule has 0 N–H and O–H groups in total. The topological polar surface area (TPSA) is 0 Å². The van der Waals surface area contributed by atoms with Crippen LogP contribution < -0.4 is 24.8 Å². The molecule has 0 unspecified atom stereocenters. The summed E-state index contributed by atoms with van der Waals surface area (Å²) < 4.78 is 8.39. The summed E-state index contributed by atoms with van der Waals surface area (Å²) in [6.45, 7) is 9.37. The van der Waals surface area contributed by atoms with E-state index in [2.05, 4.69) is 39.8 Å². The molecule has 4 aliphatic rings. The summed E-state index contributed by atoms with van der Waals surface area (Å²) in [5.74, 6) is 0. The quantitative estimate of drug-likeness (QED) is 0.437. The second-order valence-corrected chi connectivity index (χ2v) is 15.0. The molecule has 0 bridgehead atoms. The number of hydrogen-bond donors (Lipinski definition) is 0. The molecule has 0 aromatic rings. The Labute approximate surface area is 178 Å². The van der Waals surface area contributed by atoms with Gasteiger partial charge in [0.15, 0.2) is 0 Å². The van der Waals surface area contributed by atoms with Crippen LogP contribution in [0.1, 0.15) is 66.2 Å². The molecule has 0 fully saturated rings. The van der Waals surface area contributed by atoms with Crippen molar-refractivity contribution in [2.45, 2.75) is 66.2 Å². The first-order valence-electron chi connectivity index (χ1n) is 9.42. The molecule has 0 amide bonds. The second kappa shape index (κ2) is 8.41. The van der Waals surface area contributed by atoms with E-state index in [0.717, 1.165) is 0 Å². The van der Waals surface area contributed by atoms with Gasteiger partial charge in [0.1, 0.15) is 0 Å². The van der Waals surface area contributed by atoms with Gasteiger partial charge in [0.25, 0.3) is 0 Å². The van der Waals surface area contributed by atoms with E-state index >= 15 is 0 Å². The summed E-state index contributed by atoms with van der Waals surface area (Å²) in [5.41, 5.74) is 12.9. The van der Waals surface area contributed by atoms with Gasteiger partial charge < -0.3 is 24.8 Å². The molecule has 0 saturated heterocycles. The standard InChI is InChI=1S/2C11H13.CH2.2ClH.Hf/c2*1-8-6-10-5-3-4-9(2)11(10)7-8;;;;/h2*7H,3-5H2,1-2H3;1H2;2*1H;/q;;;;;+2/p-2. The maximum Gasteiger partial charge on any atom is -1.00 e. The summed E-state index contributed by atoms with van der Waals surface area (Å²) in [6, 6.07) is 0. The SMILES string of the molecule is [CH2]=[Hf+2]([C]1=C2CCCC(C)=C2C=C1C)[C]1=C2CCCC(C)=C2C=C1C.[Cl-].[Cl-]. The molecular formula is C23H28Cl2Hf. The van der Waals surface area contributed by atoms with E-state index in [4.69, 9.17) is 4.26 Å². The smallest absolute Gasteiger partial charge is 1.00 e. The molecule has 138 valence electrons.